The van der Waals surface area contributed by atoms with Gasteiger partial charge in [0.05, 0.1) is 39.3 Å². The molecule has 0 aliphatic carbocycles. The third-order valence-corrected chi connectivity index (χ3v) is 4.43. The quantitative estimate of drug-likeness (QED) is 0.390. The van der Waals surface area contributed by atoms with Crippen LogP contribution in [0.1, 0.15) is 29.9 Å². The Morgan fingerprint density at radius 1 is 0.969 bits per heavy atom. The molecule has 32 heavy (non-hydrogen) atoms. The molecule has 3 aromatic rings. The lowest BCUT2D eigenvalue weighted by Crippen LogP contribution is -2.18. The highest BCUT2D eigenvalue weighted by Crippen LogP contribution is 2.32. The topological polar surface area (TPSA) is 107 Å². The first-order chi connectivity index (χ1) is 15.4. The highest BCUT2D eigenvalue weighted by molar-refractivity contribution is 5.94. The van der Waals surface area contributed by atoms with Crippen LogP contribution in [-0.4, -0.2) is 49.8 Å². The van der Waals surface area contributed by atoms with Gasteiger partial charge in [0.15, 0.2) is 23.0 Å². The Bertz CT molecular complexity index is 1110. The van der Waals surface area contributed by atoms with Gasteiger partial charge in [0.25, 0.3) is 5.91 Å². The maximum absolute atomic E-state index is 12.4. The van der Waals surface area contributed by atoms with Crippen molar-refractivity contribution in [3.8, 4) is 34.3 Å². The first-order valence-electron chi connectivity index (χ1n) is 9.91. The molecule has 0 spiro atoms. The number of benzene rings is 2. The SMILES string of the molecule is COc1ccc(/C=N\NC(=O)c2cc(-c3ccc(OC(C)C)c(OC)c3)n[nH]2)cc1OC. The molecular formula is C23H26N4O5. The molecule has 2 N–H and O–H groups in total. The summed E-state index contributed by atoms with van der Waals surface area (Å²) < 4.78 is 21.6. The minimum absolute atomic E-state index is 0.0231. The molecule has 2 aromatic carbocycles. The fraction of sp³-hybridized carbons (Fsp3) is 0.261. The zero-order valence-electron chi connectivity index (χ0n) is 18.6. The molecule has 0 atom stereocenters. The fourth-order valence-corrected chi connectivity index (χ4v) is 2.92. The van der Waals surface area contributed by atoms with Crippen LogP contribution in [0.15, 0.2) is 47.6 Å². The fourth-order valence-electron chi connectivity index (χ4n) is 2.92. The van der Waals surface area contributed by atoms with Gasteiger partial charge in [-0.15, -0.1) is 0 Å². The standard InChI is InChI=1S/C23H26N4O5/c1-14(2)32-20-9-7-16(11-22(20)31-5)17-12-18(26-25-17)23(28)27-24-13-15-6-8-19(29-3)21(10-15)30-4/h6-14H,1-5H3,(H,25,26)(H,27,28)/b24-13-. The summed E-state index contributed by atoms with van der Waals surface area (Å²) in [6.07, 6.45) is 1.53. The van der Waals surface area contributed by atoms with Crippen molar-refractivity contribution < 1.29 is 23.7 Å². The minimum Gasteiger partial charge on any atom is -0.493 e. The van der Waals surface area contributed by atoms with Crippen molar-refractivity contribution >= 4 is 12.1 Å². The predicted molar refractivity (Wildman–Crippen MR) is 121 cm³/mol. The number of nitrogens with one attached hydrogen (secondary N) is 2. The summed E-state index contributed by atoms with van der Waals surface area (Å²) in [6.45, 7) is 3.89. The Hall–Kier alpha value is -4.01. The van der Waals surface area contributed by atoms with Crippen LogP contribution in [-0.2, 0) is 0 Å². The molecule has 1 amide bonds. The van der Waals surface area contributed by atoms with Gasteiger partial charge in [-0.2, -0.15) is 10.2 Å². The molecule has 9 heteroatoms. The van der Waals surface area contributed by atoms with Crippen LogP contribution in [0.2, 0.25) is 0 Å². The highest BCUT2D eigenvalue weighted by Gasteiger charge is 2.13. The Balaban J connectivity index is 1.69. The molecule has 0 fully saturated rings. The van der Waals surface area contributed by atoms with Gasteiger partial charge in [0, 0.05) is 5.56 Å². The number of nitrogens with zero attached hydrogens (tertiary/aromatic N) is 2. The number of ether oxygens (including phenoxy) is 4. The summed E-state index contributed by atoms with van der Waals surface area (Å²) in [6, 6.07) is 12.4. The van der Waals surface area contributed by atoms with E-state index in [4.69, 9.17) is 18.9 Å². The highest BCUT2D eigenvalue weighted by atomic mass is 16.5. The van der Waals surface area contributed by atoms with E-state index < -0.39 is 5.91 Å². The van der Waals surface area contributed by atoms with Crippen molar-refractivity contribution in [3.63, 3.8) is 0 Å². The van der Waals surface area contributed by atoms with Gasteiger partial charge in [-0.3, -0.25) is 9.89 Å². The molecule has 0 aliphatic heterocycles. The Labute approximate surface area is 186 Å². The third kappa shape index (κ3) is 5.37. The van der Waals surface area contributed by atoms with Crippen LogP contribution in [0.4, 0.5) is 0 Å². The van der Waals surface area contributed by atoms with E-state index in [0.29, 0.717) is 28.7 Å². The van der Waals surface area contributed by atoms with E-state index in [1.165, 1.54) is 6.21 Å². The summed E-state index contributed by atoms with van der Waals surface area (Å²) in [5.74, 6) is 1.99. The van der Waals surface area contributed by atoms with Crippen LogP contribution in [0.3, 0.4) is 0 Å². The molecule has 0 unspecified atom stereocenters. The molecule has 1 heterocycles. The first-order valence-corrected chi connectivity index (χ1v) is 9.91. The average molecular weight is 438 g/mol. The van der Waals surface area contributed by atoms with Crippen molar-refractivity contribution in [3.05, 3.63) is 53.7 Å². The maximum Gasteiger partial charge on any atom is 0.289 e. The lowest BCUT2D eigenvalue weighted by molar-refractivity contribution is 0.0950. The number of rotatable bonds is 9. The maximum atomic E-state index is 12.4. The predicted octanol–water partition coefficient (Wildman–Crippen LogP) is 3.65. The normalized spacial score (nSPS) is 10.9. The molecule has 0 saturated carbocycles. The molecule has 0 saturated heterocycles. The van der Waals surface area contributed by atoms with E-state index in [1.807, 2.05) is 32.0 Å². The number of hydrazone groups is 1. The van der Waals surface area contributed by atoms with Crippen LogP contribution in [0.5, 0.6) is 23.0 Å². The van der Waals surface area contributed by atoms with Gasteiger partial charge in [-0.05, 0) is 61.9 Å². The molecule has 168 valence electrons. The zero-order chi connectivity index (χ0) is 23.1. The average Bonchev–Trinajstić information content (AvgIpc) is 3.29. The van der Waals surface area contributed by atoms with Crippen LogP contribution in [0.25, 0.3) is 11.3 Å². The van der Waals surface area contributed by atoms with E-state index in [-0.39, 0.29) is 11.8 Å². The van der Waals surface area contributed by atoms with Crippen molar-refractivity contribution in [1.82, 2.24) is 15.6 Å². The summed E-state index contributed by atoms with van der Waals surface area (Å²) in [5.41, 5.74) is 4.85. The lowest BCUT2D eigenvalue weighted by atomic mass is 10.1. The minimum atomic E-state index is -0.424. The number of carbonyl (C=O) groups is 1. The summed E-state index contributed by atoms with van der Waals surface area (Å²) in [5, 5.41) is 10.9. The first kappa shape index (κ1) is 22.7. The van der Waals surface area contributed by atoms with E-state index >= 15 is 0 Å². The number of H-pyrrole nitrogens is 1. The van der Waals surface area contributed by atoms with Gasteiger partial charge < -0.3 is 18.9 Å². The number of hydrogen-bond acceptors (Lipinski definition) is 7. The number of aromatic amines is 1. The Kier molecular flexibility index (Phi) is 7.33. The number of carbonyl (C=O) groups excluding carboxylic acids is 1. The van der Waals surface area contributed by atoms with E-state index in [1.54, 1.807) is 45.6 Å². The molecule has 1 aromatic heterocycles. The molecule has 3 rings (SSSR count). The van der Waals surface area contributed by atoms with E-state index in [9.17, 15) is 4.79 Å². The van der Waals surface area contributed by atoms with Crippen LogP contribution >= 0.6 is 0 Å². The Morgan fingerprint density at radius 3 is 2.34 bits per heavy atom. The van der Waals surface area contributed by atoms with Crippen molar-refractivity contribution in [2.24, 2.45) is 5.10 Å². The summed E-state index contributed by atoms with van der Waals surface area (Å²) in [4.78, 5) is 12.4. The molecule has 0 bridgehead atoms. The van der Waals surface area contributed by atoms with Gasteiger partial charge in [0.1, 0.15) is 5.69 Å². The van der Waals surface area contributed by atoms with Gasteiger partial charge >= 0.3 is 0 Å². The molecule has 0 aliphatic rings. The number of hydrogen-bond donors (Lipinski definition) is 2. The smallest absolute Gasteiger partial charge is 0.289 e. The van der Waals surface area contributed by atoms with Crippen LogP contribution in [0, 0.1) is 0 Å². The Morgan fingerprint density at radius 2 is 1.66 bits per heavy atom. The lowest BCUT2D eigenvalue weighted by Gasteiger charge is -2.14. The number of aromatic nitrogens is 2. The largest absolute Gasteiger partial charge is 0.493 e. The number of amides is 1. The van der Waals surface area contributed by atoms with Crippen molar-refractivity contribution in [2.45, 2.75) is 20.0 Å². The summed E-state index contributed by atoms with van der Waals surface area (Å²) >= 11 is 0. The number of methoxy groups -OCH3 is 3. The molecule has 9 nitrogen and oxygen atoms in total. The molecule has 0 radical (unpaired) electrons. The summed E-state index contributed by atoms with van der Waals surface area (Å²) in [7, 11) is 4.69. The second kappa shape index (κ2) is 10.3. The molecular weight excluding hydrogens is 412 g/mol. The zero-order valence-corrected chi connectivity index (χ0v) is 18.6. The van der Waals surface area contributed by atoms with Gasteiger partial charge in [-0.1, -0.05) is 0 Å². The van der Waals surface area contributed by atoms with Crippen molar-refractivity contribution in [2.75, 3.05) is 21.3 Å². The van der Waals surface area contributed by atoms with Gasteiger partial charge in [-0.25, -0.2) is 5.43 Å². The second-order valence-electron chi connectivity index (χ2n) is 7.01. The van der Waals surface area contributed by atoms with E-state index in [0.717, 1.165) is 11.1 Å². The third-order valence-electron chi connectivity index (χ3n) is 4.43. The van der Waals surface area contributed by atoms with Gasteiger partial charge in [0.2, 0.25) is 0 Å². The second-order valence-corrected chi connectivity index (χ2v) is 7.01. The van der Waals surface area contributed by atoms with Crippen molar-refractivity contribution in [1.29, 1.82) is 0 Å². The monoisotopic (exact) mass is 438 g/mol. The van der Waals surface area contributed by atoms with E-state index in [2.05, 4.69) is 20.7 Å². The van der Waals surface area contributed by atoms with Crippen LogP contribution < -0.4 is 24.4 Å².